The molecule has 2 aromatic heterocycles. The highest BCUT2D eigenvalue weighted by atomic mass is 32.2. The fraction of sp³-hybridized carbons (Fsp3) is 0.240. The van der Waals surface area contributed by atoms with Crippen LogP contribution in [0, 0.1) is 0 Å². The van der Waals surface area contributed by atoms with Crippen molar-refractivity contribution >= 4 is 29.0 Å². The molecule has 33 heavy (non-hydrogen) atoms. The van der Waals surface area contributed by atoms with E-state index < -0.39 is 0 Å². The summed E-state index contributed by atoms with van der Waals surface area (Å²) in [6.45, 7) is 1.73. The molecule has 0 unspecified atom stereocenters. The van der Waals surface area contributed by atoms with Crippen LogP contribution in [0.2, 0.25) is 0 Å². The molecule has 0 bridgehead atoms. The van der Waals surface area contributed by atoms with Crippen molar-refractivity contribution < 1.29 is 9.53 Å². The fourth-order valence-electron chi connectivity index (χ4n) is 3.95. The summed E-state index contributed by atoms with van der Waals surface area (Å²) in [5.74, 6) is 2.41. The lowest BCUT2D eigenvalue weighted by atomic mass is 10.1. The van der Waals surface area contributed by atoms with Gasteiger partial charge < -0.3 is 9.64 Å². The van der Waals surface area contributed by atoms with Gasteiger partial charge in [-0.25, -0.2) is 0 Å². The van der Waals surface area contributed by atoms with E-state index in [1.54, 1.807) is 30.2 Å². The van der Waals surface area contributed by atoms with Gasteiger partial charge in [0, 0.05) is 24.4 Å². The molecular weight excluding hydrogens is 452 g/mol. The van der Waals surface area contributed by atoms with Gasteiger partial charge in [-0.05, 0) is 54.1 Å². The number of thiophene rings is 1. The van der Waals surface area contributed by atoms with E-state index in [1.807, 2.05) is 70.9 Å². The smallest absolute Gasteiger partial charge is 0.253 e. The SMILES string of the molecule is COc1ccccc1-n1c(SCc2ccc(C(=O)N3CCCC3)cc2)nnc1-c1cccs1. The Morgan fingerprint density at radius 3 is 2.55 bits per heavy atom. The molecule has 0 radical (unpaired) electrons. The Hall–Kier alpha value is -3.10. The van der Waals surface area contributed by atoms with Crippen LogP contribution in [0.25, 0.3) is 16.4 Å². The molecule has 3 heterocycles. The molecule has 4 aromatic rings. The third-order valence-electron chi connectivity index (χ3n) is 5.66. The summed E-state index contributed by atoms with van der Waals surface area (Å²) in [6.07, 6.45) is 2.20. The molecule has 6 nitrogen and oxygen atoms in total. The number of amides is 1. The van der Waals surface area contributed by atoms with E-state index in [0.717, 1.165) is 70.1 Å². The largest absolute Gasteiger partial charge is 0.495 e. The Labute approximate surface area is 201 Å². The number of benzene rings is 2. The molecule has 1 aliphatic heterocycles. The number of hydrogen-bond acceptors (Lipinski definition) is 6. The lowest BCUT2D eigenvalue weighted by Crippen LogP contribution is -2.27. The number of thioether (sulfide) groups is 1. The van der Waals surface area contributed by atoms with Crippen LogP contribution in [0.4, 0.5) is 0 Å². The van der Waals surface area contributed by atoms with Crippen LogP contribution in [0.5, 0.6) is 5.75 Å². The fourth-order valence-corrected chi connectivity index (χ4v) is 5.55. The highest BCUT2D eigenvalue weighted by molar-refractivity contribution is 7.98. The molecule has 1 fully saturated rings. The zero-order valence-electron chi connectivity index (χ0n) is 18.3. The molecule has 0 atom stereocenters. The molecule has 0 N–H and O–H groups in total. The maximum absolute atomic E-state index is 12.6. The first-order valence-corrected chi connectivity index (χ1v) is 12.7. The average molecular weight is 477 g/mol. The van der Waals surface area contributed by atoms with E-state index in [1.165, 1.54) is 0 Å². The number of aromatic nitrogens is 3. The first-order chi connectivity index (χ1) is 16.2. The topological polar surface area (TPSA) is 60.2 Å². The lowest BCUT2D eigenvalue weighted by molar-refractivity contribution is 0.0793. The second-order valence-corrected chi connectivity index (χ2v) is 9.67. The van der Waals surface area contributed by atoms with Gasteiger partial charge in [0.05, 0.1) is 17.7 Å². The third kappa shape index (κ3) is 4.54. The monoisotopic (exact) mass is 476 g/mol. The summed E-state index contributed by atoms with van der Waals surface area (Å²) in [5, 5.41) is 11.8. The van der Waals surface area contributed by atoms with E-state index in [0.29, 0.717) is 0 Å². The van der Waals surface area contributed by atoms with Crippen molar-refractivity contribution in [2.24, 2.45) is 0 Å². The van der Waals surface area contributed by atoms with Crippen LogP contribution >= 0.6 is 23.1 Å². The molecule has 0 spiro atoms. The first kappa shape index (κ1) is 21.7. The van der Waals surface area contributed by atoms with Crippen LogP contribution in [0.15, 0.2) is 71.2 Å². The highest BCUT2D eigenvalue weighted by Gasteiger charge is 2.21. The molecule has 8 heteroatoms. The number of para-hydroxylation sites is 2. The van der Waals surface area contributed by atoms with Crippen LogP contribution < -0.4 is 4.74 Å². The number of nitrogens with zero attached hydrogens (tertiary/aromatic N) is 4. The second-order valence-electron chi connectivity index (χ2n) is 7.78. The summed E-state index contributed by atoms with van der Waals surface area (Å²) in [7, 11) is 1.67. The Bertz CT molecular complexity index is 1230. The van der Waals surface area contributed by atoms with E-state index in [-0.39, 0.29) is 5.91 Å². The van der Waals surface area contributed by atoms with Crippen molar-refractivity contribution in [2.75, 3.05) is 20.2 Å². The van der Waals surface area contributed by atoms with Gasteiger partial charge in [0.25, 0.3) is 5.91 Å². The molecule has 168 valence electrons. The minimum atomic E-state index is 0.128. The van der Waals surface area contributed by atoms with Crippen LogP contribution in [0.1, 0.15) is 28.8 Å². The van der Waals surface area contributed by atoms with Crippen molar-refractivity contribution in [1.82, 2.24) is 19.7 Å². The third-order valence-corrected chi connectivity index (χ3v) is 7.53. The number of hydrogen-bond donors (Lipinski definition) is 0. The highest BCUT2D eigenvalue weighted by Crippen LogP contribution is 2.35. The maximum Gasteiger partial charge on any atom is 0.253 e. The van der Waals surface area contributed by atoms with Crippen LogP contribution in [0.3, 0.4) is 0 Å². The number of carbonyl (C=O) groups excluding carboxylic acids is 1. The molecule has 1 aliphatic rings. The number of rotatable bonds is 7. The maximum atomic E-state index is 12.6. The summed E-state index contributed by atoms with van der Waals surface area (Å²) < 4.78 is 7.68. The van der Waals surface area contributed by atoms with E-state index in [4.69, 9.17) is 4.74 Å². The second kappa shape index (κ2) is 9.80. The van der Waals surface area contributed by atoms with Gasteiger partial charge in [0.2, 0.25) is 0 Å². The molecule has 5 rings (SSSR count). The van der Waals surface area contributed by atoms with Gasteiger partial charge in [0.1, 0.15) is 5.75 Å². The molecular formula is C25H24N4O2S2. The van der Waals surface area contributed by atoms with Crippen molar-refractivity contribution in [1.29, 1.82) is 0 Å². The van der Waals surface area contributed by atoms with E-state index in [2.05, 4.69) is 14.8 Å². The molecule has 1 amide bonds. The Kier molecular flexibility index (Phi) is 6.46. The number of carbonyl (C=O) groups is 1. The standard InChI is InChI=1S/C25H24N4O2S2/c1-31-21-8-3-2-7-20(21)29-23(22-9-6-16-32-22)26-27-25(29)33-17-18-10-12-19(13-11-18)24(30)28-14-4-5-15-28/h2-3,6-13,16H,4-5,14-15,17H2,1H3. The number of methoxy groups -OCH3 is 1. The zero-order chi connectivity index (χ0) is 22.6. The van der Waals surface area contributed by atoms with E-state index >= 15 is 0 Å². The zero-order valence-corrected chi connectivity index (χ0v) is 19.9. The average Bonchev–Trinajstić information content (AvgIpc) is 3.64. The van der Waals surface area contributed by atoms with Crippen molar-refractivity contribution in [3.05, 3.63) is 77.2 Å². The normalized spacial score (nSPS) is 13.4. The Balaban J connectivity index is 1.39. The van der Waals surface area contributed by atoms with Gasteiger partial charge in [0.15, 0.2) is 11.0 Å². The molecule has 0 aliphatic carbocycles. The van der Waals surface area contributed by atoms with Gasteiger partial charge in [-0.1, -0.05) is 42.1 Å². The molecule has 0 saturated carbocycles. The first-order valence-electron chi connectivity index (χ1n) is 10.9. The van der Waals surface area contributed by atoms with Crippen LogP contribution in [-0.4, -0.2) is 45.8 Å². The Morgan fingerprint density at radius 1 is 1.03 bits per heavy atom. The summed E-state index contributed by atoms with van der Waals surface area (Å²) in [5.41, 5.74) is 2.79. The number of ether oxygens (including phenoxy) is 1. The van der Waals surface area contributed by atoms with Gasteiger partial charge in [-0.2, -0.15) is 0 Å². The van der Waals surface area contributed by atoms with Crippen molar-refractivity contribution in [3.8, 4) is 22.1 Å². The summed E-state index contributed by atoms with van der Waals surface area (Å²) >= 11 is 3.25. The van der Waals surface area contributed by atoms with E-state index in [9.17, 15) is 4.79 Å². The minimum absolute atomic E-state index is 0.128. The lowest BCUT2D eigenvalue weighted by Gasteiger charge is -2.15. The minimum Gasteiger partial charge on any atom is -0.495 e. The molecule has 2 aromatic carbocycles. The predicted molar refractivity (Wildman–Crippen MR) is 132 cm³/mol. The summed E-state index contributed by atoms with van der Waals surface area (Å²) in [4.78, 5) is 15.6. The van der Waals surface area contributed by atoms with Gasteiger partial charge in [-0.15, -0.1) is 21.5 Å². The summed E-state index contributed by atoms with van der Waals surface area (Å²) in [6, 6.07) is 19.9. The van der Waals surface area contributed by atoms with Crippen molar-refractivity contribution in [3.63, 3.8) is 0 Å². The van der Waals surface area contributed by atoms with Crippen molar-refractivity contribution in [2.45, 2.75) is 23.8 Å². The van der Waals surface area contributed by atoms with Gasteiger partial charge >= 0.3 is 0 Å². The van der Waals surface area contributed by atoms with Crippen LogP contribution in [-0.2, 0) is 5.75 Å². The Morgan fingerprint density at radius 2 is 1.82 bits per heavy atom. The van der Waals surface area contributed by atoms with Gasteiger partial charge in [-0.3, -0.25) is 9.36 Å². The predicted octanol–water partition coefficient (Wildman–Crippen LogP) is 5.53. The quantitative estimate of drug-likeness (QED) is 0.328. The number of likely N-dealkylation sites (tertiary alicyclic amines) is 1. The molecule has 1 saturated heterocycles.